The second-order valence-corrected chi connectivity index (χ2v) is 12.3. The van der Waals surface area contributed by atoms with Gasteiger partial charge in [-0.25, -0.2) is 9.97 Å². The van der Waals surface area contributed by atoms with Crippen LogP contribution in [0, 0.1) is 0 Å². The molecule has 0 saturated heterocycles. The molecule has 6 rings (SSSR count). The van der Waals surface area contributed by atoms with Crippen molar-refractivity contribution in [1.29, 1.82) is 0 Å². The quantitative estimate of drug-likeness (QED) is 0.120. The lowest BCUT2D eigenvalue weighted by molar-refractivity contribution is 0.102. The minimum Gasteiger partial charge on any atom is -0.493 e. The summed E-state index contributed by atoms with van der Waals surface area (Å²) >= 11 is 2.87. The van der Waals surface area contributed by atoms with Gasteiger partial charge in [-0.3, -0.25) is 4.79 Å². The van der Waals surface area contributed by atoms with Gasteiger partial charge in [0, 0.05) is 40.0 Å². The maximum absolute atomic E-state index is 13.4. The first-order valence-corrected chi connectivity index (χ1v) is 16.5. The second kappa shape index (κ2) is 14.4. The number of thiazole rings is 2. The number of aryl methyl sites for hydroxylation is 2. The van der Waals surface area contributed by atoms with Gasteiger partial charge in [-0.2, -0.15) is 0 Å². The number of anilines is 4. The van der Waals surface area contributed by atoms with Crippen LogP contribution in [0.15, 0.2) is 96.4 Å². The van der Waals surface area contributed by atoms with Gasteiger partial charge in [0.1, 0.15) is 15.7 Å². The number of rotatable bonds is 12. The zero-order valence-corrected chi connectivity index (χ0v) is 27.7. The lowest BCUT2D eigenvalue weighted by atomic mass is 9.99. The van der Waals surface area contributed by atoms with Crippen LogP contribution in [0.25, 0.3) is 21.1 Å². The molecule has 0 bridgehead atoms. The van der Waals surface area contributed by atoms with Crippen LogP contribution in [0.3, 0.4) is 0 Å². The fourth-order valence-corrected chi connectivity index (χ4v) is 7.00. The van der Waals surface area contributed by atoms with Crippen molar-refractivity contribution in [2.24, 2.45) is 0 Å². The Kier molecular flexibility index (Phi) is 9.65. The van der Waals surface area contributed by atoms with Crippen LogP contribution in [0.1, 0.15) is 21.5 Å². The average molecular weight is 664 g/mol. The number of carbonyl (C=O) groups is 1. The number of carbonyl (C=O) groups excluding carboxylic acids is 1. The Bertz CT molecular complexity index is 1980. The molecule has 0 fully saturated rings. The molecule has 0 aliphatic rings. The highest BCUT2D eigenvalue weighted by Crippen LogP contribution is 2.43. The van der Waals surface area contributed by atoms with E-state index in [1.165, 1.54) is 28.2 Å². The van der Waals surface area contributed by atoms with Gasteiger partial charge in [-0.05, 0) is 42.2 Å². The number of nitrogens with one attached hydrogen (secondary N) is 2. The van der Waals surface area contributed by atoms with Crippen molar-refractivity contribution in [3.8, 4) is 38.4 Å². The highest BCUT2D eigenvalue weighted by atomic mass is 32.1. The van der Waals surface area contributed by atoms with Crippen LogP contribution in [0.5, 0.6) is 17.2 Å². The van der Waals surface area contributed by atoms with Gasteiger partial charge in [0.15, 0.2) is 16.6 Å². The van der Waals surface area contributed by atoms with Gasteiger partial charge in [0.25, 0.3) is 5.91 Å². The van der Waals surface area contributed by atoms with Crippen LogP contribution in [-0.2, 0) is 12.8 Å². The van der Waals surface area contributed by atoms with Crippen LogP contribution in [-0.4, -0.2) is 37.2 Å². The van der Waals surface area contributed by atoms with Gasteiger partial charge < -0.3 is 30.6 Å². The predicted octanol–water partition coefficient (Wildman–Crippen LogP) is 8.32. The van der Waals surface area contributed by atoms with Gasteiger partial charge in [-0.1, -0.05) is 72.0 Å². The van der Waals surface area contributed by atoms with Crippen LogP contribution < -0.4 is 30.6 Å². The summed E-state index contributed by atoms with van der Waals surface area (Å²) < 4.78 is 16.3. The molecular weight excluding hydrogens is 631 g/mol. The number of hydrogen-bond acceptors (Lipinski definition) is 10. The molecule has 238 valence electrons. The third-order valence-electron chi connectivity index (χ3n) is 7.47. The molecule has 2 aromatic heterocycles. The summed E-state index contributed by atoms with van der Waals surface area (Å²) in [7, 11) is 4.69. The summed E-state index contributed by atoms with van der Waals surface area (Å²) in [6.45, 7) is 0. The summed E-state index contributed by atoms with van der Waals surface area (Å²) in [5.41, 5.74) is 12.3. The first kappa shape index (κ1) is 31.6. The van der Waals surface area contributed by atoms with E-state index in [4.69, 9.17) is 24.9 Å². The Morgan fingerprint density at radius 1 is 0.809 bits per heavy atom. The highest BCUT2D eigenvalue weighted by Gasteiger charge is 2.18. The Morgan fingerprint density at radius 2 is 1.55 bits per heavy atom. The zero-order valence-electron chi connectivity index (χ0n) is 26.1. The fourth-order valence-electron chi connectivity index (χ4n) is 5.16. The van der Waals surface area contributed by atoms with E-state index in [2.05, 4.69) is 27.8 Å². The third-order valence-corrected chi connectivity index (χ3v) is 9.45. The molecule has 1 amide bonds. The normalized spacial score (nSPS) is 10.8. The van der Waals surface area contributed by atoms with Gasteiger partial charge in [0.2, 0.25) is 5.75 Å². The van der Waals surface area contributed by atoms with E-state index in [-0.39, 0.29) is 5.91 Å². The number of methoxy groups -OCH3 is 3. The molecule has 6 aromatic rings. The average Bonchev–Trinajstić information content (AvgIpc) is 3.74. The number of nitrogens with zero attached hydrogens (tertiary/aromatic N) is 2. The van der Waals surface area contributed by atoms with Crippen LogP contribution in [0.2, 0.25) is 0 Å². The molecule has 4 aromatic carbocycles. The second-order valence-electron chi connectivity index (χ2n) is 10.5. The maximum atomic E-state index is 13.4. The molecule has 47 heavy (non-hydrogen) atoms. The number of benzene rings is 4. The van der Waals surface area contributed by atoms with E-state index < -0.39 is 0 Å². The van der Waals surface area contributed by atoms with Gasteiger partial charge >= 0.3 is 0 Å². The molecule has 4 N–H and O–H groups in total. The minimum absolute atomic E-state index is 0.144. The van der Waals surface area contributed by atoms with Crippen molar-refractivity contribution in [1.82, 2.24) is 9.97 Å². The Labute approximate surface area is 281 Å². The maximum Gasteiger partial charge on any atom is 0.255 e. The molecule has 0 aliphatic carbocycles. The van der Waals surface area contributed by atoms with Gasteiger partial charge in [0.05, 0.1) is 27.0 Å². The van der Waals surface area contributed by atoms with Crippen LogP contribution >= 0.6 is 22.7 Å². The first-order valence-electron chi connectivity index (χ1n) is 14.8. The zero-order chi connectivity index (χ0) is 32.8. The molecule has 0 saturated carbocycles. The summed E-state index contributed by atoms with van der Waals surface area (Å²) in [6.07, 6.45) is 1.63. The number of nitrogens with two attached hydrogens (primary N) is 1. The molecule has 2 heterocycles. The first-order chi connectivity index (χ1) is 22.9. The van der Waals surface area contributed by atoms with Crippen molar-refractivity contribution in [3.63, 3.8) is 0 Å². The Morgan fingerprint density at radius 3 is 2.30 bits per heavy atom. The lowest BCUT2D eigenvalue weighted by Gasteiger charge is -2.14. The molecule has 0 radical (unpaired) electrons. The number of ether oxygens (including phenoxy) is 3. The van der Waals surface area contributed by atoms with E-state index in [0.717, 1.165) is 39.5 Å². The predicted molar refractivity (Wildman–Crippen MR) is 191 cm³/mol. The highest BCUT2D eigenvalue weighted by molar-refractivity contribution is 7.23. The summed E-state index contributed by atoms with van der Waals surface area (Å²) in [5, 5.41) is 9.67. The molecule has 0 aliphatic heterocycles. The summed E-state index contributed by atoms with van der Waals surface area (Å²) in [5.74, 6) is 1.78. The van der Waals surface area contributed by atoms with Gasteiger partial charge in [-0.15, -0.1) is 11.3 Å². The van der Waals surface area contributed by atoms with Crippen molar-refractivity contribution in [2.75, 3.05) is 37.7 Å². The van der Waals surface area contributed by atoms with Crippen molar-refractivity contribution < 1.29 is 19.0 Å². The van der Waals surface area contributed by atoms with E-state index >= 15 is 0 Å². The number of amides is 1. The molecule has 0 unspecified atom stereocenters. The van der Waals surface area contributed by atoms with E-state index in [1.807, 2.05) is 72.1 Å². The number of nitrogen functional groups attached to an aromatic ring is 1. The standard InChI is InChI=1S/C36H33N5O4S2/c1-43-29-19-26(20-30(44-2)31(29)45-3)39-36-41-33(37)32(47-36)35-40-28(21-46-35)24-13-9-14-25(18-24)38-34(42)27-15-8-7-12-23(27)17-16-22-10-5-4-6-11-22/h4-15,18-21H,16-17,37H2,1-3H3,(H,38,42)(H,39,41). The molecule has 0 spiro atoms. The topological polar surface area (TPSA) is 121 Å². The number of hydrogen-bond donors (Lipinski definition) is 3. The molecular formula is C36H33N5O4S2. The summed E-state index contributed by atoms with van der Waals surface area (Å²) in [6, 6.07) is 29.3. The van der Waals surface area contributed by atoms with Crippen molar-refractivity contribution in [3.05, 3.63) is 113 Å². The van der Waals surface area contributed by atoms with E-state index in [9.17, 15) is 4.79 Å². The Balaban J connectivity index is 1.16. The Hall–Kier alpha value is -5.39. The summed E-state index contributed by atoms with van der Waals surface area (Å²) in [4.78, 5) is 23.5. The molecule has 11 heteroatoms. The van der Waals surface area contributed by atoms with E-state index in [0.29, 0.717) is 45.1 Å². The third kappa shape index (κ3) is 7.21. The smallest absolute Gasteiger partial charge is 0.255 e. The fraction of sp³-hybridized carbons (Fsp3) is 0.139. The van der Waals surface area contributed by atoms with Crippen molar-refractivity contribution in [2.45, 2.75) is 12.8 Å². The lowest BCUT2D eigenvalue weighted by Crippen LogP contribution is -2.14. The largest absolute Gasteiger partial charge is 0.493 e. The molecule has 9 nitrogen and oxygen atoms in total. The molecule has 0 atom stereocenters. The minimum atomic E-state index is -0.144. The van der Waals surface area contributed by atoms with Crippen molar-refractivity contribution >= 4 is 50.9 Å². The monoisotopic (exact) mass is 663 g/mol. The number of aromatic nitrogens is 2. The SMILES string of the molecule is COc1cc(Nc2nc(N)c(-c3nc(-c4cccc(NC(=O)c5ccccc5CCc5ccccc5)c4)cs3)s2)cc(OC)c1OC. The van der Waals surface area contributed by atoms with Crippen LogP contribution in [0.4, 0.5) is 22.3 Å². The van der Waals surface area contributed by atoms with E-state index in [1.54, 1.807) is 33.5 Å².